The van der Waals surface area contributed by atoms with Crippen LogP contribution in [0.15, 0.2) is 16.6 Å². The van der Waals surface area contributed by atoms with Crippen LogP contribution < -0.4 is 4.74 Å². The standard InChI is InChI=1S/C7H5BrNO3/c1-12-7-3-2-5(9(10)11)4-6(7)8/h2-3H,1H3. The van der Waals surface area contributed by atoms with Gasteiger partial charge in [0.05, 0.1) is 22.6 Å². The van der Waals surface area contributed by atoms with E-state index in [9.17, 15) is 10.1 Å². The van der Waals surface area contributed by atoms with Gasteiger partial charge in [-0.1, -0.05) is 0 Å². The highest BCUT2D eigenvalue weighted by atomic mass is 79.9. The van der Waals surface area contributed by atoms with E-state index in [1.54, 1.807) is 0 Å². The highest BCUT2D eigenvalue weighted by Crippen LogP contribution is 2.27. The minimum Gasteiger partial charge on any atom is -0.496 e. The third-order valence-corrected chi connectivity index (χ3v) is 1.85. The van der Waals surface area contributed by atoms with Gasteiger partial charge in [0.15, 0.2) is 0 Å². The van der Waals surface area contributed by atoms with Crippen LogP contribution in [-0.2, 0) is 0 Å². The van der Waals surface area contributed by atoms with Crippen molar-refractivity contribution in [2.24, 2.45) is 0 Å². The molecule has 0 spiro atoms. The van der Waals surface area contributed by atoms with Crippen LogP contribution in [0.5, 0.6) is 5.75 Å². The lowest BCUT2D eigenvalue weighted by atomic mass is 10.3. The van der Waals surface area contributed by atoms with Crippen molar-refractivity contribution in [3.63, 3.8) is 0 Å². The first-order valence-corrected chi connectivity index (χ1v) is 3.84. The lowest BCUT2D eigenvalue weighted by molar-refractivity contribution is -0.385. The van der Waals surface area contributed by atoms with Gasteiger partial charge in [-0.05, 0) is 22.0 Å². The van der Waals surface area contributed by atoms with Crippen LogP contribution in [0.2, 0.25) is 0 Å². The molecule has 0 aliphatic carbocycles. The monoisotopic (exact) mass is 230 g/mol. The summed E-state index contributed by atoms with van der Waals surface area (Å²) in [6, 6.07) is 5.37. The number of nitro groups is 1. The molecule has 0 atom stereocenters. The predicted molar refractivity (Wildman–Crippen MR) is 46.2 cm³/mol. The number of hydrogen-bond acceptors (Lipinski definition) is 3. The molecule has 0 saturated carbocycles. The fourth-order valence-electron chi connectivity index (χ4n) is 0.708. The minimum atomic E-state index is -0.510. The molecule has 0 heterocycles. The first-order chi connectivity index (χ1) is 5.65. The van der Waals surface area contributed by atoms with E-state index in [1.165, 1.54) is 19.2 Å². The molecule has 0 aromatic heterocycles. The molecule has 5 heteroatoms. The van der Waals surface area contributed by atoms with Crippen LogP contribution in [0.4, 0.5) is 5.69 Å². The summed E-state index contributed by atoms with van der Waals surface area (Å²) in [5, 5.41) is 10.3. The highest BCUT2D eigenvalue weighted by molar-refractivity contribution is 9.10. The van der Waals surface area contributed by atoms with Crippen molar-refractivity contribution >= 4 is 21.6 Å². The average molecular weight is 231 g/mol. The number of methoxy groups -OCH3 is 1. The van der Waals surface area contributed by atoms with Gasteiger partial charge in [-0.2, -0.15) is 0 Å². The number of non-ortho nitro benzene ring substituents is 1. The quantitative estimate of drug-likeness (QED) is 0.578. The Bertz CT molecular complexity index is 314. The largest absolute Gasteiger partial charge is 0.496 e. The van der Waals surface area contributed by atoms with Gasteiger partial charge in [0.25, 0.3) is 5.69 Å². The Morgan fingerprint density at radius 1 is 1.67 bits per heavy atom. The van der Waals surface area contributed by atoms with Gasteiger partial charge >= 0.3 is 0 Å². The Labute approximate surface area is 77.4 Å². The first-order valence-electron chi connectivity index (χ1n) is 3.05. The molecule has 0 aliphatic heterocycles. The molecule has 0 N–H and O–H groups in total. The number of benzene rings is 1. The lowest BCUT2D eigenvalue weighted by Crippen LogP contribution is -1.90. The summed E-state index contributed by atoms with van der Waals surface area (Å²) < 4.78 is 5.34. The van der Waals surface area contributed by atoms with E-state index in [4.69, 9.17) is 4.74 Å². The minimum absolute atomic E-state index is 0.0809. The van der Waals surface area contributed by atoms with E-state index >= 15 is 0 Å². The summed E-state index contributed by atoms with van der Waals surface area (Å²) >= 11 is 3.09. The summed E-state index contributed by atoms with van der Waals surface area (Å²) in [7, 11) is 1.49. The summed E-state index contributed by atoms with van der Waals surface area (Å²) in [4.78, 5) is 9.76. The maximum atomic E-state index is 10.3. The van der Waals surface area contributed by atoms with Gasteiger partial charge in [0.1, 0.15) is 5.75 Å². The summed E-state index contributed by atoms with van der Waals surface area (Å²) in [6.45, 7) is 0. The zero-order chi connectivity index (χ0) is 9.14. The Kier molecular flexibility index (Phi) is 2.65. The molecule has 0 fully saturated rings. The van der Waals surface area contributed by atoms with E-state index in [0.717, 1.165) is 0 Å². The molecule has 12 heavy (non-hydrogen) atoms. The number of rotatable bonds is 2. The van der Waals surface area contributed by atoms with Crippen LogP contribution in [-0.4, -0.2) is 12.0 Å². The van der Waals surface area contributed by atoms with Crippen LogP contribution in [0.1, 0.15) is 0 Å². The van der Waals surface area contributed by atoms with E-state index in [1.807, 2.05) is 0 Å². The average Bonchev–Trinajstić information content (AvgIpc) is 2.04. The number of nitrogens with zero attached hydrogens (tertiary/aromatic N) is 1. The van der Waals surface area contributed by atoms with Gasteiger partial charge in [-0.25, -0.2) is 0 Å². The molecule has 0 bridgehead atoms. The highest BCUT2D eigenvalue weighted by Gasteiger charge is 2.09. The molecule has 0 aliphatic rings. The third kappa shape index (κ3) is 1.73. The zero-order valence-corrected chi connectivity index (χ0v) is 7.79. The Morgan fingerprint density at radius 2 is 2.33 bits per heavy atom. The molecular formula is C7H5BrNO3. The molecule has 63 valence electrons. The van der Waals surface area contributed by atoms with Crippen molar-refractivity contribution in [1.29, 1.82) is 0 Å². The molecule has 0 amide bonds. The van der Waals surface area contributed by atoms with Crippen molar-refractivity contribution in [2.45, 2.75) is 0 Å². The number of halogens is 1. The van der Waals surface area contributed by atoms with Crippen molar-refractivity contribution < 1.29 is 9.66 Å². The molecule has 1 rings (SSSR count). The predicted octanol–water partition coefficient (Wildman–Crippen LogP) is 2.17. The van der Waals surface area contributed by atoms with Gasteiger partial charge in [0.2, 0.25) is 0 Å². The SMILES string of the molecule is COc1ccc([N+](=O)[O-])[c]c1Br. The smallest absolute Gasteiger partial charge is 0.278 e. The van der Waals surface area contributed by atoms with Crippen LogP contribution >= 0.6 is 15.9 Å². The van der Waals surface area contributed by atoms with Gasteiger partial charge < -0.3 is 4.74 Å². The van der Waals surface area contributed by atoms with Crippen molar-refractivity contribution in [1.82, 2.24) is 0 Å². The maximum absolute atomic E-state index is 10.3. The Balaban J connectivity index is 3.10. The summed E-state index contributed by atoms with van der Waals surface area (Å²) in [6.07, 6.45) is 0. The summed E-state index contributed by atoms with van der Waals surface area (Å²) in [5.74, 6) is 0.528. The molecule has 1 aromatic carbocycles. The number of hydrogen-bond donors (Lipinski definition) is 0. The molecule has 1 aromatic rings. The lowest BCUT2D eigenvalue weighted by Gasteiger charge is -2.00. The van der Waals surface area contributed by atoms with Crippen molar-refractivity contribution in [3.8, 4) is 5.75 Å². The van der Waals surface area contributed by atoms with Gasteiger partial charge in [0, 0.05) is 6.07 Å². The second-order valence-electron chi connectivity index (χ2n) is 1.98. The van der Waals surface area contributed by atoms with Crippen molar-refractivity contribution in [3.05, 3.63) is 32.8 Å². The summed E-state index contributed by atoms with van der Waals surface area (Å²) in [5.41, 5.74) is -0.0809. The van der Waals surface area contributed by atoms with E-state index in [-0.39, 0.29) is 5.69 Å². The molecular weight excluding hydrogens is 226 g/mol. The van der Waals surface area contributed by atoms with Gasteiger partial charge in [-0.3, -0.25) is 10.1 Å². The Hall–Kier alpha value is -1.10. The van der Waals surface area contributed by atoms with Gasteiger partial charge in [-0.15, -0.1) is 0 Å². The molecule has 4 nitrogen and oxygen atoms in total. The Morgan fingerprint density at radius 3 is 2.75 bits per heavy atom. The van der Waals surface area contributed by atoms with E-state index in [0.29, 0.717) is 10.2 Å². The number of ether oxygens (including phenoxy) is 1. The first kappa shape index (κ1) is 8.99. The third-order valence-electron chi connectivity index (χ3n) is 1.26. The normalized spacial score (nSPS) is 9.50. The van der Waals surface area contributed by atoms with Crippen LogP contribution in [0.3, 0.4) is 0 Å². The molecule has 1 radical (unpaired) electrons. The molecule has 0 saturated heterocycles. The second-order valence-corrected chi connectivity index (χ2v) is 2.78. The second kappa shape index (κ2) is 3.53. The van der Waals surface area contributed by atoms with Crippen LogP contribution in [0, 0.1) is 16.2 Å². The van der Waals surface area contributed by atoms with E-state index < -0.39 is 4.92 Å². The van der Waals surface area contributed by atoms with E-state index in [2.05, 4.69) is 22.0 Å². The van der Waals surface area contributed by atoms with Crippen LogP contribution in [0.25, 0.3) is 0 Å². The van der Waals surface area contributed by atoms with Crippen molar-refractivity contribution in [2.75, 3.05) is 7.11 Å². The zero-order valence-electron chi connectivity index (χ0n) is 6.20. The fourth-order valence-corrected chi connectivity index (χ4v) is 1.20. The molecule has 0 unspecified atom stereocenters. The maximum Gasteiger partial charge on any atom is 0.278 e. The topological polar surface area (TPSA) is 52.4 Å². The number of nitro benzene ring substituents is 1. The fraction of sp³-hybridized carbons (Fsp3) is 0.143.